The lowest BCUT2D eigenvalue weighted by atomic mass is 10.1. The molecule has 1 rings (SSSR count). The van der Waals surface area contributed by atoms with E-state index in [9.17, 15) is 9.59 Å². The van der Waals surface area contributed by atoms with Gasteiger partial charge in [0.25, 0.3) is 5.91 Å². The van der Waals surface area contributed by atoms with Crippen LogP contribution in [0.15, 0.2) is 24.3 Å². The summed E-state index contributed by atoms with van der Waals surface area (Å²) < 4.78 is 4.83. The first-order chi connectivity index (χ1) is 9.58. The van der Waals surface area contributed by atoms with Crippen LogP contribution in [0.4, 0.5) is 0 Å². The zero-order valence-corrected chi connectivity index (χ0v) is 11.8. The van der Waals surface area contributed by atoms with Crippen LogP contribution in [-0.4, -0.2) is 38.1 Å². The second-order valence-corrected chi connectivity index (χ2v) is 4.38. The molecule has 20 heavy (non-hydrogen) atoms. The smallest absolute Gasteiger partial charge is 0.251 e. The molecule has 0 radical (unpaired) electrons. The highest BCUT2D eigenvalue weighted by atomic mass is 16.5. The lowest BCUT2D eigenvalue weighted by Gasteiger charge is -2.14. The minimum Gasteiger partial charge on any atom is -0.383 e. The predicted molar refractivity (Wildman–Crippen MR) is 76.1 cm³/mol. The van der Waals surface area contributed by atoms with Crippen molar-refractivity contribution in [1.29, 1.82) is 0 Å². The highest BCUT2D eigenvalue weighted by Crippen LogP contribution is 2.04. The second-order valence-electron chi connectivity index (χ2n) is 4.38. The van der Waals surface area contributed by atoms with Crippen LogP contribution in [0.2, 0.25) is 0 Å². The summed E-state index contributed by atoms with van der Waals surface area (Å²) in [5.41, 5.74) is 6.89. The Morgan fingerprint density at radius 1 is 1.40 bits per heavy atom. The average Bonchev–Trinajstić information content (AvgIpc) is 2.47. The Kier molecular flexibility index (Phi) is 6.69. The lowest BCUT2D eigenvalue weighted by Crippen LogP contribution is -2.45. The molecule has 1 unspecified atom stereocenters. The van der Waals surface area contributed by atoms with Crippen molar-refractivity contribution in [1.82, 2.24) is 10.6 Å². The molecular formula is C14H21N3O3. The number of hydrogen-bond acceptors (Lipinski definition) is 4. The molecule has 6 heteroatoms. The van der Waals surface area contributed by atoms with Crippen LogP contribution in [0.25, 0.3) is 0 Å². The number of carbonyl (C=O) groups is 2. The molecule has 110 valence electrons. The van der Waals surface area contributed by atoms with Crippen LogP contribution >= 0.6 is 0 Å². The van der Waals surface area contributed by atoms with E-state index in [4.69, 9.17) is 10.5 Å². The summed E-state index contributed by atoms with van der Waals surface area (Å²) in [6.45, 7) is 2.85. The summed E-state index contributed by atoms with van der Waals surface area (Å²) in [5.74, 6) is -0.542. The Bertz CT molecular complexity index is 463. The zero-order chi connectivity index (χ0) is 15.0. The molecule has 0 spiro atoms. The van der Waals surface area contributed by atoms with Crippen molar-refractivity contribution in [2.24, 2.45) is 5.73 Å². The number of methoxy groups -OCH3 is 1. The fraction of sp³-hybridized carbons (Fsp3) is 0.429. The molecule has 1 atom stereocenters. The van der Waals surface area contributed by atoms with Gasteiger partial charge in [-0.3, -0.25) is 9.59 Å². The molecule has 0 aliphatic rings. The fourth-order valence-electron chi connectivity index (χ4n) is 1.61. The van der Waals surface area contributed by atoms with E-state index >= 15 is 0 Å². The molecule has 0 fully saturated rings. The fourth-order valence-corrected chi connectivity index (χ4v) is 1.61. The number of nitrogens with two attached hydrogens (primary N) is 1. The molecule has 0 aliphatic heterocycles. The van der Waals surface area contributed by atoms with Gasteiger partial charge in [-0.15, -0.1) is 0 Å². The number of rotatable bonds is 7. The molecule has 0 bridgehead atoms. The first-order valence-corrected chi connectivity index (χ1v) is 6.45. The van der Waals surface area contributed by atoms with Crippen LogP contribution in [0, 0.1) is 0 Å². The number of hydrogen-bond donors (Lipinski definition) is 3. The average molecular weight is 279 g/mol. The first kappa shape index (κ1) is 16.1. The third kappa shape index (κ3) is 4.99. The number of carbonyl (C=O) groups excluding carboxylic acids is 2. The van der Waals surface area contributed by atoms with Gasteiger partial charge in [-0.1, -0.05) is 12.1 Å². The van der Waals surface area contributed by atoms with Crippen LogP contribution in [-0.2, 0) is 16.1 Å². The molecule has 6 nitrogen and oxygen atoms in total. The van der Waals surface area contributed by atoms with Crippen molar-refractivity contribution in [2.45, 2.75) is 19.5 Å². The second kappa shape index (κ2) is 8.29. The van der Waals surface area contributed by atoms with Crippen molar-refractivity contribution in [3.8, 4) is 0 Å². The molecular weight excluding hydrogens is 258 g/mol. The number of benzene rings is 1. The van der Waals surface area contributed by atoms with Crippen molar-refractivity contribution in [2.75, 3.05) is 20.3 Å². The quantitative estimate of drug-likeness (QED) is 0.614. The predicted octanol–water partition coefficient (Wildman–Crippen LogP) is 0.0262. The van der Waals surface area contributed by atoms with E-state index < -0.39 is 6.04 Å². The van der Waals surface area contributed by atoms with E-state index in [2.05, 4.69) is 10.6 Å². The molecule has 2 amide bonds. The van der Waals surface area contributed by atoms with Crippen LogP contribution in [0.1, 0.15) is 22.8 Å². The minimum absolute atomic E-state index is 0.245. The highest BCUT2D eigenvalue weighted by molar-refractivity contribution is 5.97. The van der Waals surface area contributed by atoms with E-state index in [1.807, 2.05) is 6.07 Å². The van der Waals surface area contributed by atoms with E-state index in [1.165, 1.54) is 0 Å². The molecule has 4 N–H and O–H groups in total. The van der Waals surface area contributed by atoms with E-state index in [-0.39, 0.29) is 11.8 Å². The van der Waals surface area contributed by atoms with Gasteiger partial charge >= 0.3 is 0 Å². The van der Waals surface area contributed by atoms with Crippen molar-refractivity contribution >= 4 is 11.8 Å². The monoisotopic (exact) mass is 279 g/mol. The van der Waals surface area contributed by atoms with E-state index in [1.54, 1.807) is 32.2 Å². The van der Waals surface area contributed by atoms with Gasteiger partial charge in [0.05, 0.1) is 6.61 Å². The molecule has 0 saturated carbocycles. The summed E-state index contributed by atoms with van der Waals surface area (Å²) in [6.07, 6.45) is 0. The lowest BCUT2D eigenvalue weighted by molar-refractivity contribution is -0.122. The summed E-state index contributed by atoms with van der Waals surface area (Å²) in [4.78, 5) is 23.7. The normalized spacial score (nSPS) is 11.8. The largest absolute Gasteiger partial charge is 0.383 e. The van der Waals surface area contributed by atoms with Gasteiger partial charge in [0.1, 0.15) is 6.04 Å². The van der Waals surface area contributed by atoms with Gasteiger partial charge < -0.3 is 21.1 Å². The molecule has 1 aromatic rings. The third-order valence-corrected chi connectivity index (χ3v) is 2.77. The molecule has 1 aromatic carbocycles. The Morgan fingerprint density at radius 2 is 2.15 bits per heavy atom. The minimum atomic E-state index is -0.610. The summed E-state index contributed by atoms with van der Waals surface area (Å²) in [6, 6.07) is 6.40. The molecule has 0 aliphatic carbocycles. The van der Waals surface area contributed by atoms with Gasteiger partial charge in [0.2, 0.25) is 5.91 Å². The SMILES string of the molecule is COCCNC(=O)C(C)NC(=O)c1cccc(CN)c1. The molecule has 0 saturated heterocycles. The van der Waals surface area contributed by atoms with Crippen LogP contribution in [0.3, 0.4) is 0 Å². The molecule has 0 heterocycles. The van der Waals surface area contributed by atoms with E-state index in [0.29, 0.717) is 25.3 Å². The number of amides is 2. The topological polar surface area (TPSA) is 93.5 Å². The summed E-state index contributed by atoms with van der Waals surface area (Å²) >= 11 is 0. The van der Waals surface area contributed by atoms with Gasteiger partial charge in [-0.2, -0.15) is 0 Å². The van der Waals surface area contributed by atoms with Crippen LogP contribution < -0.4 is 16.4 Å². The maximum atomic E-state index is 12.0. The highest BCUT2D eigenvalue weighted by Gasteiger charge is 2.16. The summed E-state index contributed by atoms with van der Waals surface area (Å²) in [5, 5.41) is 5.31. The Labute approximate surface area is 118 Å². The number of ether oxygens (including phenoxy) is 1. The Morgan fingerprint density at radius 3 is 2.80 bits per heavy atom. The third-order valence-electron chi connectivity index (χ3n) is 2.77. The van der Waals surface area contributed by atoms with Crippen molar-refractivity contribution < 1.29 is 14.3 Å². The van der Waals surface area contributed by atoms with Gasteiger partial charge in [-0.25, -0.2) is 0 Å². The maximum absolute atomic E-state index is 12.0. The van der Waals surface area contributed by atoms with Crippen LogP contribution in [0.5, 0.6) is 0 Å². The van der Waals surface area contributed by atoms with Gasteiger partial charge in [-0.05, 0) is 24.6 Å². The zero-order valence-electron chi connectivity index (χ0n) is 11.8. The summed E-state index contributed by atoms with van der Waals surface area (Å²) in [7, 11) is 1.56. The standard InChI is InChI=1S/C14H21N3O3/c1-10(13(18)16-6-7-20-2)17-14(19)12-5-3-4-11(8-12)9-15/h3-5,8,10H,6-7,9,15H2,1-2H3,(H,16,18)(H,17,19). The number of nitrogens with one attached hydrogen (secondary N) is 2. The van der Waals surface area contributed by atoms with Crippen molar-refractivity contribution in [3.63, 3.8) is 0 Å². The first-order valence-electron chi connectivity index (χ1n) is 6.45. The molecule has 0 aromatic heterocycles. The Hall–Kier alpha value is -1.92. The van der Waals surface area contributed by atoms with Gasteiger partial charge in [0.15, 0.2) is 0 Å². The van der Waals surface area contributed by atoms with Crippen molar-refractivity contribution in [3.05, 3.63) is 35.4 Å². The maximum Gasteiger partial charge on any atom is 0.251 e. The van der Waals surface area contributed by atoms with Gasteiger partial charge in [0, 0.05) is 25.8 Å². The van der Waals surface area contributed by atoms with E-state index in [0.717, 1.165) is 5.56 Å². The Balaban J connectivity index is 2.54.